The van der Waals surface area contributed by atoms with Gasteiger partial charge in [-0.25, -0.2) is 0 Å². The van der Waals surface area contributed by atoms with Gasteiger partial charge in [0, 0.05) is 11.1 Å². The van der Waals surface area contributed by atoms with Crippen molar-refractivity contribution >= 4 is 34.8 Å². The molecule has 0 unspecified atom stereocenters. The zero-order chi connectivity index (χ0) is 16.4. The summed E-state index contributed by atoms with van der Waals surface area (Å²) in [4.78, 5) is 12.2. The quantitative estimate of drug-likeness (QED) is 0.897. The van der Waals surface area contributed by atoms with Crippen molar-refractivity contribution in [2.75, 3.05) is 12.1 Å². The molecule has 0 bridgehead atoms. The fourth-order valence-electron chi connectivity index (χ4n) is 2.03. The van der Waals surface area contributed by atoms with Crippen LogP contribution in [0.25, 0.3) is 0 Å². The van der Waals surface area contributed by atoms with Gasteiger partial charge in [0.05, 0.1) is 10.7 Å². The first-order chi connectivity index (χ1) is 11.0. The van der Waals surface area contributed by atoms with E-state index in [-0.39, 0.29) is 12.7 Å². The van der Waals surface area contributed by atoms with Crippen LogP contribution in [0.1, 0.15) is 6.92 Å². The Balaban J connectivity index is 1.65. The first kappa shape index (κ1) is 15.8. The Morgan fingerprint density at radius 2 is 1.96 bits per heavy atom. The number of anilines is 1. The Bertz CT molecular complexity index is 751. The highest BCUT2D eigenvalue weighted by molar-refractivity contribution is 6.36. The van der Waals surface area contributed by atoms with Crippen LogP contribution >= 0.6 is 23.2 Å². The number of carbonyl (C=O) groups excluding carboxylic acids is 1. The Morgan fingerprint density at radius 3 is 2.74 bits per heavy atom. The van der Waals surface area contributed by atoms with Crippen LogP contribution in [0.2, 0.25) is 10.0 Å². The van der Waals surface area contributed by atoms with E-state index in [9.17, 15) is 4.79 Å². The van der Waals surface area contributed by atoms with E-state index in [1.54, 1.807) is 43.3 Å². The Hall–Kier alpha value is -2.11. The molecular weight excluding hydrogens is 341 g/mol. The second-order valence-electron chi connectivity index (χ2n) is 4.89. The molecule has 1 N–H and O–H groups in total. The molecule has 2 aromatic carbocycles. The van der Waals surface area contributed by atoms with Crippen molar-refractivity contribution in [3.63, 3.8) is 0 Å². The van der Waals surface area contributed by atoms with E-state index in [1.807, 2.05) is 0 Å². The van der Waals surface area contributed by atoms with Gasteiger partial charge in [-0.15, -0.1) is 0 Å². The smallest absolute Gasteiger partial charge is 0.265 e. The number of hydrogen-bond donors (Lipinski definition) is 1. The van der Waals surface area contributed by atoms with E-state index in [1.165, 1.54) is 0 Å². The number of nitrogens with one attached hydrogen (secondary N) is 1. The SMILES string of the molecule is C[C@@H](Oc1ccc2c(c1)OCO2)C(=O)Nc1ccc(Cl)cc1Cl. The van der Waals surface area contributed by atoms with Crippen molar-refractivity contribution in [2.45, 2.75) is 13.0 Å². The second kappa shape index (κ2) is 6.56. The van der Waals surface area contributed by atoms with Gasteiger partial charge in [0.25, 0.3) is 5.91 Å². The molecule has 1 aliphatic rings. The highest BCUT2D eigenvalue weighted by Crippen LogP contribution is 2.35. The summed E-state index contributed by atoms with van der Waals surface area (Å²) >= 11 is 11.9. The number of rotatable bonds is 4. The molecule has 0 spiro atoms. The van der Waals surface area contributed by atoms with Crippen LogP contribution in [0.3, 0.4) is 0 Å². The summed E-state index contributed by atoms with van der Waals surface area (Å²) < 4.78 is 16.1. The van der Waals surface area contributed by atoms with E-state index in [2.05, 4.69) is 5.32 Å². The van der Waals surface area contributed by atoms with Crippen LogP contribution in [-0.2, 0) is 4.79 Å². The molecule has 0 fully saturated rings. The van der Waals surface area contributed by atoms with Crippen molar-refractivity contribution in [3.05, 3.63) is 46.4 Å². The number of carbonyl (C=O) groups is 1. The van der Waals surface area contributed by atoms with Crippen LogP contribution < -0.4 is 19.5 Å². The molecule has 1 atom stereocenters. The maximum absolute atomic E-state index is 12.2. The number of ether oxygens (including phenoxy) is 3. The van der Waals surface area contributed by atoms with Gasteiger partial charge in [0.1, 0.15) is 5.75 Å². The third-order valence-electron chi connectivity index (χ3n) is 3.22. The third-order valence-corrected chi connectivity index (χ3v) is 3.76. The summed E-state index contributed by atoms with van der Waals surface area (Å²) in [5.74, 6) is 1.43. The molecule has 1 aliphatic heterocycles. The van der Waals surface area contributed by atoms with Crippen molar-refractivity contribution in [3.8, 4) is 17.2 Å². The molecule has 1 amide bonds. The number of halogens is 2. The molecule has 1 heterocycles. The van der Waals surface area contributed by atoms with Gasteiger partial charge < -0.3 is 19.5 Å². The van der Waals surface area contributed by atoms with Crippen LogP contribution in [0.15, 0.2) is 36.4 Å². The topological polar surface area (TPSA) is 56.8 Å². The fraction of sp³-hybridized carbons (Fsp3) is 0.188. The first-order valence-corrected chi connectivity index (χ1v) is 7.61. The molecule has 0 aromatic heterocycles. The molecule has 5 nitrogen and oxygen atoms in total. The van der Waals surface area contributed by atoms with E-state index >= 15 is 0 Å². The maximum Gasteiger partial charge on any atom is 0.265 e. The number of amides is 1. The van der Waals surface area contributed by atoms with Crippen LogP contribution in [-0.4, -0.2) is 18.8 Å². The monoisotopic (exact) mass is 353 g/mol. The zero-order valence-corrected chi connectivity index (χ0v) is 13.6. The lowest BCUT2D eigenvalue weighted by Gasteiger charge is -2.15. The van der Waals surface area contributed by atoms with Crippen molar-refractivity contribution in [2.24, 2.45) is 0 Å². The van der Waals surface area contributed by atoms with Gasteiger partial charge in [-0.05, 0) is 37.3 Å². The summed E-state index contributed by atoms with van der Waals surface area (Å²) in [5, 5.41) is 3.56. The standard InChI is InChI=1S/C16H13Cl2NO4/c1-9(16(20)19-13-4-2-10(17)6-12(13)18)23-11-3-5-14-15(7-11)22-8-21-14/h2-7,9H,8H2,1H3,(H,19,20)/t9-/m1/s1. The zero-order valence-electron chi connectivity index (χ0n) is 12.1. The second-order valence-corrected chi connectivity index (χ2v) is 5.73. The van der Waals surface area contributed by atoms with Gasteiger partial charge in [-0.3, -0.25) is 4.79 Å². The molecule has 120 valence electrons. The Kier molecular flexibility index (Phi) is 4.50. The van der Waals surface area contributed by atoms with Gasteiger partial charge in [0.2, 0.25) is 6.79 Å². The Morgan fingerprint density at radius 1 is 1.17 bits per heavy atom. The summed E-state index contributed by atoms with van der Waals surface area (Å²) in [5.41, 5.74) is 0.474. The minimum absolute atomic E-state index is 0.184. The van der Waals surface area contributed by atoms with E-state index in [4.69, 9.17) is 37.4 Å². The van der Waals surface area contributed by atoms with Gasteiger partial charge in [-0.1, -0.05) is 23.2 Å². The van der Waals surface area contributed by atoms with Crippen molar-refractivity contribution < 1.29 is 19.0 Å². The van der Waals surface area contributed by atoms with Crippen LogP contribution in [0, 0.1) is 0 Å². The van der Waals surface area contributed by atoms with Crippen LogP contribution in [0.4, 0.5) is 5.69 Å². The molecule has 0 radical (unpaired) electrons. The maximum atomic E-state index is 12.2. The van der Waals surface area contributed by atoms with E-state index in [0.717, 1.165) is 0 Å². The molecule has 3 rings (SSSR count). The van der Waals surface area contributed by atoms with Crippen molar-refractivity contribution in [1.82, 2.24) is 0 Å². The molecule has 0 aliphatic carbocycles. The lowest BCUT2D eigenvalue weighted by atomic mass is 10.2. The minimum Gasteiger partial charge on any atom is -0.481 e. The number of hydrogen-bond acceptors (Lipinski definition) is 4. The van der Waals surface area contributed by atoms with E-state index < -0.39 is 6.10 Å². The van der Waals surface area contributed by atoms with E-state index in [0.29, 0.717) is 33.0 Å². The third kappa shape index (κ3) is 3.63. The molecule has 0 saturated heterocycles. The summed E-state index contributed by atoms with van der Waals surface area (Å²) in [6.45, 7) is 1.83. The average Bonchev–Trinajstić information content (AvgIpc) is 2.97. The predicted molar refractivity (Wildman–Crippen MR) is 87.7 cm³/mol. The predicted octanol–water partition coefficient (Wildman–Crippen LogP) is 4.13. The average molecular weight is 354 g/mol. The molecule has 2 aromatic rings. The molecular formula is C16H13Cl2NO4. The normalized spacial score (nSPS) is 13.5. The lowest BCUT2D eigenvalue weighted by Crippen LogP contribution is -2.30. The summed E-state index contributed by atoms with van der Waals surface area (Å²) in [6, 6.07) is 9.97. The number of fused-ring (bicyclic) bond motifs is 1. The highest BCUT2D eigenvalue weighted by Gasteiger charge is 2.19. The molecule has 0 saturated carbocycles. The van der Waals surface area contributed by atoms with Crippen molar-refractivity contribution in [1.29, 1.82) is 0 Å². The highest BCUT2D eigenvalue weighted by atomic mass is 35.5. The number of benzene rings is 2. The molecule has 23 heavy (non-hydrogen) atoms. The van der Waals surface area contributed by atoms with Gasteiger partial charge in [0.15, 0.2) is 17.6 Å². The fourth-order valence-corrected chi connectivity index (χ4v) is 2.49. The molecule has 7 heteroatoms. The van der Waals surface area contributed by atoms with Gasteiger partial charge in [-0.2, -0.15) is 0 Å². The van der Waals surface area contributed by atoms with Gasteiger partial charge >= 0.3 is 0 Å². The Labute approximate surface area is 143 Å². The lowest BCUT2D eigenvalue weighted by molar-refractivity contribution is -0.122. The minimum atomic E-state index is -0.720. The largest absolute Gasteiger partial charge is 0.481 e. The first-order valence-electron chi connectivity index (χ1n) is 6.85. The summed E-state index contributed by atoms with van der Waals surface area (Å²) in [6.07, 6.45) is -0.720. The van der Waals surface area contributed by atoms with Crippen LogP contribution in [0.5, 0.6) is 17.2 Å². The summed E-state index contributed by atoms with van der Waals surface area (Å²) in [7, 11) is 0.